The molecule has 128 valence electrons. The average Bonchev–Trinajstić information content (AvgIpc) is 2.45. The van der Waals surface area contributed by atoms with Gasteiger partial charge in [-0.15, -0.1) is 0 Å². The fourth-order valence-corrected chi connectivity index (χ4v) is 1.70. The summed E-state index contributed by atoms with van der Waals surface area (Å²) in [5.74, 6) is 0.314. The molecule has 0 spiro atoms. The van der Waals surface area contributed by atoms with Gasteiger partial charge in [0.2, 0.25) is 0 Å². The topological polar surface area (TPSA) is 73.9 Å². The summed E-state index contributed by atoms with van der Waals surface area (Å²) in [4.78, 5) is 23.5. The second-order valence-electron chi connectivity index (χ2n) is 6.06. The zero-order valence-corrected chi connectivity index (χ0v) is 14.3. The highest BCUT2D eigenvalue weighted by Crippen LogP contribution is 2.17. The summed E-state index contributed by atoms with van der Waals surface area (Å²) in [6.45, 7) is 9.31. The Labute approximate surface area is 137 Å². The van der Waals surface area contributed by atoms with Crippen molar-refractivity contribution >= 4 is 11.9 Å². The van der Waals surface area contributed by atoms with E-state index in [-0.39, 0.29) is 18.1 Å². The highest BCUT2D eigenvalue weighted by Gasteiger charge is 2.22. The number of nitrogens with one attached hydrogen (secondary N) is 1. The predicted molar refractivity (Wildman–Crippen MR) is 86.6 cm³/mol. The Kier molecular flexibility index (Phi) is 6.88. The van der Waals surface area contributed by atoms with Crippen molar-refractivity contribution in [2.75, 3.05) is 13.2 Å². The Morgan fingerprint density at radius 3 is 2.09 bits per heavy atom. The molecule has 1 amide bonds. The minimum absolute atomic E-state index is 0.263. The monoisotopic (exact) mass is 323 g/mol. The maximum atomic E-state index is 11.8. The molecule has 1 N–H and O–H groups in total. The molecule has 0 unspecified atom stereocenters. The van der Waals surface area contributed by atoms with Gasteiger partial charge in [-0.05, 0) is 58.9 Å². The van der Waals surface area contributed by atoms with Crippen LogP contribution in [0.3, 0.4) is 0 Å². The van der Waals surface area contributed by atoms with E-state index in [0.29, 0.717) is 12.4 Å². The maximum Gasteiger partial charge on any atom is 0.344 e. The van der Waals surface area contributed by atoms with E-state index in [9.17, 15) is 9.59 Å². The third kappa shape index (κ3) is 7.54. The lowest BCUT2D eigenvalue weighted by atomic mass is 10.1. The van der Waals surface area contributed by atoms with Gasteiger partial charge >= 0.3 is 5.97 Å². The minimum Gasteiger partial charge on any atom is -0.494 e. The van der Waals surface area contributed by atoms with Crippen LogP contribution < -0.4 is 14.8 Å². The Hall–Kier alpha value is -2.24. The largest absolute Gasteiger partial charge is 0.494 e. The number of hydrogen-bond donors (Lipinski definition) is 1. The molecule has 0 aromatic heterocycles. The van der Waals surface area contributed by atoms with E-state index in [1.54, 1.807) is 24.3 Å². The predicted octanol–water partition coefficient (Wildman–Crippen LogP) is 2.31. The molecule has 0 saturated heterocycles. The van der Waals surface area contributed by atoms with Crippen LogP contribution in [-0.4, -0.2) is 36.7 Å². The fourth-order valence-electron chi connectivity index (χ4n) is 1.70. The molecule has 1 atom stereocenters. The first kappa shape index (κ1) is 18.8. The lowest BCUT2D eigenvalue weighted by Crippen LogP contribution is -2.46. The first-order valence-electron chi connectivity index (χ1n) is 7.58. The summed E-state index contributed by atoms with van der Waals surface area (Å²) in [5.41, 5.74) is -0.378. The molecule has 1 aromatic carbocycles. The fraction of sp³-hybridized carbons (Fsp3) is 0.529. The number of rotatable bonds is 7. The van der Waals surface area contributed by atoms with Crippen molar-refractivity contribution in [3.8, 4) is 11.5 Å². The zero-order chi connectivity index (χ0) is 17.5. The van der Waals surface area contributed by atoms with Crippen LogP contribution in [0, 0.1) is 0 Å². The van der Waals surface area contributed by atoms with Crippen LogP contribution in [-0.2, 0) is 14.3 Å². The van der Waals surface area contributed by atoms with E-state index < -0.39 is 12.1 Å². The van der Waals surface area contributed by atoms with Crippen molar-refractivity contribution in [2.45, 2.75) is 46.3 Å². The standard InChI is InChI=1S/C17H25NO5/c1-6-21-13-7-9-14(10-8-13)22-11-15(19)23-12(2)16(20)18-17(3,4)5/h7-10,12H,6,11H2,1-5H3,(H,18,20)/t12-/m1/s1. The van der Waals surface area contributed by atoms with Gasteiger partial charge in [0.25, 0.3) is 5.91 Å². The molecule has 0 fully saturated rings. The van der Waals surface area contributed by atoms with Gasteiger partial charge in [0.15, 0.2) is 12.7 Å². The summed E-state index contributed by atoms with van der Waals surface area (Å²) < 4.78 is 15.7. The number of carbonyl (C=O) groups excluding carboxylic acids is 2. The Morgan fingerprint density at radius 1 is 1.09 bits per heavy atom. The van der Waals surface area contributed by atoms with Crippen LogP contribution in [0.25, 0.3) is 0 Å². The highest BCUT2D eigenvalue weighted by molar-refractivity contribution is 5.84. The van der Waals surface area contributed by atoms with Crippen molar-refractivity contribution in [3.05, 3.63) is 24.3 Å². The van der Waals surface area contributed by atoms with E-state index >= 15 is 0 Å². The smallest absolute Gasteiger partial charge is 0.344 e. The van der Waals surface area contributed by atoms with Crippen LogP contribution in [0.5, 0.6) is 11.5 Å². The summed E-state index contributed by atoms with van der Waals surface area (Å²) in [6.07, 6.45) is -0.870. The maximum absolute atomic E-state index is 11.8. The normalized spacial score (nSPS) is 12.2. The number of amides is 1. The first-order chi connectivity index (χ1) is 10.7. The summed E-state index contributed by atoms with van der Waals surface area (Å²) in [5, 5.41) is 2.75. The molecule has 1 rings (SSSR count). The SMILES string of the molecule is CCOc1ccc(OCC(=O)O[C@H](C)C(=O)NC(C)(C)C)cc1. The Balaban J connectivity index is 2.40. The molecule has 1 aromatic rings. The Morgan fingerprint density at radius 2 is 1.61 bits per heavy atom. The van der Waals surface area contributed by atoms with Crippen LogP contribution in [0.4, 0.5) is 0 Å². The zero-order valence-electron chi connectivity index (χ0n) is 14.3. The molecule has 0 aliphatic heterocycles. The lowest BCUT2D eigenvalue weighted by molar-refractivity contribution is -0.157. The number of hydrogen-bond acceptors (Lipinski definition) is 5. The molecule has 0 heterocycles. The number of esters is 1. The van der Waals surface area contributed by atoms with E-state index in [2.05, 4.69) is 5.32 Å². The van der Waals surface area contributed by atoms with Gasteiger partial charge < -0.3 is 19.5 Å². The number of ether oxygens (including phenoxy) is 3. The van der Waals surface area contributed by atoms with Crippen molar-refractivity contribution in [2.24, 2.45) is 0 Å². The average molecular weight is 323 g/mol. The third-order valence-electron chi connectivity index (χ3n) is 2.67. The van der Waals surface area contributed by atoms with Gasteiger partial charge in [-0.1, -0.05) is 0 Å². The molecule has 0 aliphatic rings. The summed E-state index contributed by atoms with van der Waals surface area (Å²) >= 11 is 0. The van der Waals surface area contributed by atoms with E-state index in [0.717, 1.165) is 5.75 Å². The van der Waals surface area contributed by atoms with Gasteiger partial charge in [0.05, 0.1) is 6.61 Å². The van der Waals surface area contributed by atoms with E-state index in [1.807, 2.05) is 27.7 Å². The van der Waals surface area contributed by atoms with E-state index in [4.69, 9.17) is 14.2 Å². The van der Waals surface area contributed by atoms with Gasteiger partial charge in [0, 0.05) is 5.54 Å². The number of benzene rings is 1. The first-order valence-corrected chi connectivity index (χ1v) is 7.58. The number of carbonyl (C=O) groups is 2. The molecule has 0 aliphatic carbocycles. The molecule has 23 heavy (non-hydrogen) atoms. The van der Waals surface area contributed by atoms with Crippen molar-refractivity contribution in [3.63, 3.8) is 0 Å². The van der Waals surface area contributed by atoms with Gasteiger partial charge in [0.1, 0.15) is 11.5 Å². The van der Waals surface area contributed by atoms with Crippen molar-refractivity contribution in [1.29, 1.82) is 0 Å². The molecule has 6 nitrogen and oxygen atoms in total. The molecule has 0 saturated carbocycles. The van der Waals surface area contributed by atoms with Crippen LogP contribution in [0.2, 0.25) is 0 Å². The lowest BCUT2D eigenvalue weighted by Gasteiger charge is -2.23. The minimum atomic E-state index is -0.870. The van der Waals surface area contributed by atoms with Gasteiger partial charge in [-0.2, -0.15) is 0 Å². The third-order valence-corrected chi connectivity index (χ3v) is 2.67. The van der Waals surface area contributed by atoms with Gasteiger partial charge in [-0.3, -0.25) is 4.79 Å². The Bertz CT molecular complexity index is 519. The summed E-state index contributed by atoms with van der Waals surface area (Å²) in [6, 6.07) is 6.91. The van der Waals surface area contributed by atoms with Crippen LogP contribution in [0.1, 0.15) is 34.6 Å². The van der Waals surface area contributed by atoms with Crippen LogP contribution >= 0.6 is 0 Å². The van der Waals surface area contributed by atoms with Gasteiger partial charge in [-0.25, -0.2) is 4.79 Å². The molecule has 0 bridgehead atoms. The quantitative estimate of drug-likeness (QED) is 0.780. The van der Waals surface area contributed by atoms with Crippen molar-refractivity contribution < 1.29 is 23.8 Å². The highest BCUT2D eigenvalue weighted by atomic mass is 16.6. The second kappa shape index (κ2) is 8.41. The molecule has 0 radical (unpaired) electrons. The van der Waals surface area contributed by atoms with E-state index in [1.165, 1.54) is 6.92 Å². The molecular weight excluding hydrogens is 298 g/mol. The molecular formula is C17H25NO5. The van der Waals surface area contributed by atoms with Crippen LogP contribution in [0.15, 0.2) is 24.3 Å². The second-order valence-corrected chi connectivity index (χ2v) is 6.06. The molecule has 6 heteroatoms. The van der Waals surface area contributed by atoms with Crippen molar-refractivity contribution in [1.82, 2.24) is 5.32 Å². The summed E-state index contributed by atoms with van der Waals surface area (Å²) in [7, 11) is 0.